The molecule has 94 heavy (non-hydrogen) atoms. The van der Waals surface area contributed by atoms with Gasteiger partial charge in [-0.1, -0.05) is 343 Å². The number of aliphatic hydroxyl groups excluding tert-OH is 1. The summed E-state index contributed by atoms with van der Waals surface area (Å²) in [6.45, 7) is 7.23. The first kappa shape index (κ1) is 92.1. The molecule has 0 fully saturated rings. The third-order valence-electron chi connectivity index (χ3n) is 17.5. The fourth-order valence-corrected chi connectivity index (χ4v) is 13.1. The van der Waals surface area contributed by atoms with Crippen molar-refractivity contribution in [3.05, 3.63) is 0 Å². The Kier molecular flexibility index (Phi) is 66.8. The Labute approximate surface area is 575 Å². The predicted molar refractivity (Wildman–Crippen MR) is 382 cm³/mol. The number of carbonyl (C=O) groups is 4. The molecule has 19 heteroatoms. The van der Waals surface area contributed by atoms with Gasteiger partial charge in [-0.2, -0.15) is 0 Å². The van der Waals surface area contributed by atoms with Crippen LogP contribution in [0.5, 0.6) is 0 Å². The molecule has 0 radical (unpaired) electrons. The average Bonchev–Trinajstić information content (AvgIpc) is 1.48. The third-order valence-corrected chi connectivity index (χ3v) is 19.4. The maximum absolute atomic E-state index is 13.1. The van der Waals surface area contributed by atoms with E-state index in [0.717, 1.165) is 102 Å². The van der Waals surface area contributed by atoms with E-state index < -0.39 is 97.5 Å². The van der Waals surface area contributed by atoms with Crippen LogP contribution in [0.2, 0.25) is 0 Å². The number of aliphatic hydroxyl groups is 1. The van der Waals surface area contributed by atoms with Gasteiger partial charge in [0.15, 0.2) is 12.2 Å². The van der Waals surface area contributed by atoms with Crippen molar-refractivity contribution in [2.24, 2.45) is 5.92 Å². The fraction of sp³-hybridized carbons (Fsp3) is 0.947. The lowest BCUT2D eigenvalue weighted by Gasteiger charge is -2.21. The van der Waals surface area contributed by atoms with Crippen molar-refractivity contribution in [1.82, 2.24) is 0 Å². The van der Waals surface area contributed by atoms with Gasteiger partial charge in [0.05, 0.1) is 26.4 Å². The Bertz CT molecular complexity index is 1810. The van der Waals surface area contributed by atoms with Crippen LogP contribution in [0.15, 0.2) is 0 Å². The molecule has 0 saturated carbocycles. The van der Waals surface area contributed by atoms with Crippen LogP contribution in [0.25, 0.3) is 0 Å². The van der Waals surface area contributed by atoms with Crippen molar-refractivity contribution in [3.8, 4) is 0 Å². The molecule has 0 aromatic rings. The fourth-order valence-electron chi connectivity index (χ4n) is 11.5. The molecule has 0 aliphatic carbocycles. The second-order valence-corrected chi connectivity index (χ2v) is 30.4. The van der Waals surface area contributed by atoms with Gasteiger partial charge in [-0.05, 0) is 31.6 Å². The average molecular weight is 1380 g/mol. The highest BCUT2D eigenvalue weighted by Gasteiger charge is 2.30. The highest BCUT2D eigenvalue weighted by molar-refractivity contribution is 7.47. The Balaban J connectivity index is 5.12. The van der Waals surface area contributed by atoms with E-state index in [1.54, 1.807) is 0 Å². The molecule has 0 spiro atoms. The van der Waals surface area contributed by atoms with E-state index >= 15 is 0 Å². The number of phosphoric acid groups is 2. The molecular formula is C75H146O17P2. The third kappa shape index (κ3) is 68.6. The monoisotopic (exact) mass is 1380 g/mol. The molecule has 0 bridgehead atoms. The maximum atomic E-state index is 13.1. The largest absolute Gasteiger partial charge is 0.472 e. The highest BCUT2D eigenvalue weighted by atomic mass is 31.2. The van der Waals surface area contributed by atoms with Crippen LogP contribution in [0.3, 0.4) is 0 Å². The first-order chi connectivity index (χ1) is 45.5. The number of phosphoric ester groups is 2. The number of unbranched alkanes of at least 4 members (excludes halogenated alkanes) is 47. The van der Waals surface area contributed by atoms with Gasteiger partial charge in [0.25, 0.3) is 0 Å². The quantitative estimate of drug-likeness (QED) is 0.0222. The second kappa shape index (κ2) is 68.2. The zero-order valence-electron chi connectivity index (χ0n) is 61.1. The van der Waals surface area contributed by atoms with E-state index in [1.807, 2.05) is 0 Å². The van der Waals surface area contributed by atoms with Gasteiger partial charge in [-0.15, -0.1) is 0 Å². The molecule has 0 aromatic carbocycles. The van der Waals surface area contributed by atoms with Gasteiger partial charge in [0.2, 0.25) is 0 Å². The molecule has 3 N–H and O–H groups in total. The molecule has 0 aromatic heterocycles. The van der Waals surface area contributed by atoms with E-state index in [2.05, 4.69) is 34.6 Å². The minimum atomic E-state index is -4.95. The van der Waals surface area contributed by atoms with Crippen LogP contribution in [-0.4, -0.2) is 96.7 Å². The molecule has 0 heterocycles. The Morgan fingerprint density at radius 1 is 0.287 bits per heavy atom. The molecule has 0 aliphatic rings. The first-order valence-corrected chi connectivity index (χ1v) is 42.1. The van der Waals surface area contributed by atoms with Gasteiger partial charge < -0.3 is 33.8 Å². The number of carbonyl (C=O) groups excluding carboxylic acids is 4. The van der Waals surface area contributed by atoms with E-state index in [9.17, 15) is 43.2 Å². The second-order valence-electron chi connectivity index (χ2n) is 27.5. The minimum absolute atomic E-state index is 0.107. The molecule has 0 rings (SSSR count). The summed E-state index contributed by atoms with van der Waals surface area (Å²) in [5.74, 6) is -1.31. The molecule has 2 unspecified atom stereocenters. The molecule has 558 valence electrons. The van der Waals surface area contributed by atoms with Crippen molar-refractivity contribution in [2.45, 2.75) is 412 Å². The van der Waals surface area contributed by atoms with E-state index in [-0.39, 0.29) is 25.7 Å². The summed E-state index contributed by atoms with van der Waals surface area (Å²) in [7, 11) is -9.90. The van der Waals surface area contributed by atoms with Crippen LogP contribution < -0.4 is 0 Å². The lowest BCUT2D eigenvalue weighted by Crippen LogP contribution is -2.30. The van der Waals surface area contributed by atoms with E-state index in [0.29, 0.717) is 25.7 Å². The van der Waals surface area contributed by atoms with Crippen LogP contribution in [-0.2, 0) is 65.4 Å². The van der Waals surface area contributed by atoms with Gasteiger partial charge in [-0.25, -0.2) is 9.13 Å². The number of hydrogen-bond acceptors (Lipinski definition) is 15. The molecule has 17 nitrogen and oxygen atoms in total. The van der Waals surface area contributed by atoms with Crippen molar-refractivity contribution in [2.75, 3.05) is 39.6 Å². The lowest BCUT2D eigenvalue weighted by molar-refractivity contribution is -0.161. The summed E-state index contributed by atoms with van der Waals surface area (Å²) in [5.41, 5.74) is 0. The van der Waals surface area contributed by atoms with Gasteiger partial charge in [0, 0.05) is 25.7 Å². The van der Waals surface area contributed by atoms with Crippen LogP contribution in [0, 0.1) is 5.92 Å². The maximum Gasteiger partial charge on any atom is 0.472 e. The summed E-state index contributed by atoms with van der Waals surface area (Å²) in [4.78, 5) is 72.4. The normalized spacial score (nSPS) is 14.0. The Morgan fingerprint density at radius 2 is 0.489 bits per heavy atom. The number of ether oxygens (including phenoxy) is 4. The molecular weight excluding hydrogens is 1230 g/mol. The zero-order valence-corrected chi connectivity index (χ0v) is 62.9. The Hall–Kier alpha value is -1.94. The SMILES string of the molecule is CCCCCCCCCCCCCCCCCCC(=O)OC[C@H](COP(=O)(O)OC[C@@H](O)COP(=O)(O)OC[C@@H](COC(=O)CCCCCCC)OC(=O)CCCCCCCCCCCCCC)OC(=O)CCCCCCCCCCCCCCCCCCCCC(C)C. The standard InChI is InChI=1S/C75H146O17P2/c1-6-9-12-15-17-19-21-23-24-30-33-37-40-44-49-54-59-73(78)86-65-71(92-75(80)61-56-51-46-42-38-34-31-28-26-25-27-29-32-35-39-43-48-52-57-68(4)5)67-90-94(83,84)88-63-69(76)62-87-93(81,82)89-66-70(64-85-72(77)58-53-47-14-11-8-3)91-74(79)60-55-50-45-41-36-22-20-18-16-13-10-7-2/h68-71,76H,6-67H2,1-5H3,(H,81,82)(H,83,84)/t69-,70+,71+/m0/s1. The summed E-state index contributed by atoms with van der Waals surface area (Å²) >= 11 is 0. The lowest BCUT2D eigenvalue weighted by atomic mass is 10.0. The van der Waals surface area contributed by atoms with Crippen LogP contribution >= 0.6 is 15.6 Å². The van der Waals surface area contributed by atoms with E-state index in [4.69, 9.17) is 37.0 Å². The van der Waals surface area contributed by atoms with Crippen molar-refractivity contribution < 1.29 is 80.2 Å². The molecule has 0 saturated heterocycles. The summed E-state index contributed by atoms with van der Waals surface area (Å²) < 4.78 is 68.2. The molecule has 5 atom stereocenters. The summed E-state index contributed by atoms with van der Waals surface area (Å²) in [6, 6.07) is 0. The smallest absolute Gasteiger partial charge is 0.462 e. The molecule has 0 aliphatic heterocycles. The van der Waals surface area contributed by atoms with Crippen molar-refractivity contribution in [1.29, 1.82) is 0 Å². The first-order valence-electron chi connectivity index (χ1n) is 39.1. The predicted octanol–water partition coefficient (Wildman–Crippen LogP) is 22.1. The van der Waals surface area contributed by atoms with Crippen molar-refractivity contribution >= 4 is 39.5 Å². The molecule has 0 amide bonds. The van der Waals surface area contributed by atoms with Gasteiger partial charge in [-0.3, -0.25) is 37.3 Å². The minimum Gasteiger partial charge on any atom is -0.462 e. The van der Waals surface area contributed by atoms with Crippen molar-refractivity contribution in [3.63, 3.8) is 0 Å². The Morgan fingerprint density at radius 3 is 0.723 bits per heavy atom. The summed E-state index contributed by atoms with van der Waals surface area (Å²) in [6.07, 6.45) is 57.3. The number of esters is 4. The van der Waals surface area contributed by atoms with Gasteiger partial charge in [0.1, 0.15) is 19.3 Å². The van der Waals surface area contributed by atoms with Crippen LogP contribution in [0.4, 0.5) is 0 Å². The van der Waals surface area contributed by atoms with Crippen LogP contribution in [0.1, 0.15) is 394 Å². The van der Waals surface area contributed by atoms with Gasteiger partial charge >= 0.3 is 39.5 Å². The number of rotatable bonds is 75. The topological polar surface area (TPSA) is 237 Å². The van der Waals surface area contributed by atoms with E-state index in [1.165, 1.54) is 212 Å². The number of hydrogen-bond donors (Lipinski definition) is 3. The zero-order chi connectivity index (χ0) is 69.1. The summed E-state index contributed by atoms with van der Waals surface area (Å²) in [5, 5.41) is 10.6. The highest BCUT2D eigenvalue weighted by Crippen LogP contribution is 2.45.